The highest BCUT2D eigenvalue weighted by Gasteiger charge is 2.14. The summed E-state index contributed by atoms with van der Waals surface area (Å²) in [5.41, 5.74) is 0.897. The summed E-state index contributed by atoms with van der Waals surface area (Å²) in [5.74, 6) is 0.175. The first-order chi connectivity index (χ1) is 9.95. The first-order valence-electron chi connectivity index (χ1n) is 6.69. The second-order valence-electron chi connectivity index (χ2n) is 4.87. The molecule has 0 bridgehead atoms. The molecule has 0 saturated heterocycles. The molecule has 0 radical (unpaired) electrons. The number of rotatable bonds is 6. The van der Waals surface area contributed by atoms with E-state index in [2.05, 4.69) is 15.0 Å². The van der Waals surface area contributed by atoms with Crippen LogP contribution in [0.2, 0.25) is 0 Å². The molecule has 0 aliphatic carbocycles. The van der Waals surface area contributed by atoms with E-state index in [4.69, 9.17) is 0 Å². The van der Waals surface area contributed by atoms with Crippen molar-refractivity contribution in [2.45, 2.75) is 39.5 Å². The SMILES string of the molecule is Cc1cnc(C(C)NC(C)c2cccc(OC(F)F)c2)s1. The van der Waals surface area contributed by atoms with Gasteiger partial charge in [-0.05, 0) is 38.5 Å². The van der Waals surface area contributed by atoms with Crippen LogP contribution in [-0.4, -0.2) is 11.6 Å². The van der Waals surface area contributed by atoms with Crippen molar-refractivity contribution < 1.29 is 13.5 Å². The van der Waals surface area contributed by atoms with Gasteiger partial charge in [-0.3, -0.25) is 0 Å². The molecule has 3 nitrogen and oxygen atoms in total. The standard InChI is InChI=1S/C15H18F2N2OS/c1-9-8-18-14(21-9)11(3)19-10(2)12-5-4-6-13(7-12)20-15(16)17/h4-8,10-11,15,19H,1-3H3. The Kier molecular flexibility index (Phi) is 5.25. The first kappa shape index (κ1) is 15.9. The minimum absolute atomic E-state index is 0.00503. The van der Waals surface area contributed by atoms with Crippen LogP contribution < -0.4 is 10.1 Å². The highest BCUT2D eigenvalue weighted by atomic mass is 32.1. The molecule has 1 aromatic heterocycles. The zero-order valence-electron chi connectivity index (χ0n) is 12.1. The van der Waals surface area contributed by atoms with Crippen LogP contribution in [0.1, 0.15) is 41.4 Å². The van der Waals surface area contributed by atoms with Crippen molar-refractivity contribution in [3.05, 3.63) is 45.9 Å². The largest absolute Gasteiger partial charge is 0.435 e. The van der Waals surface area contributed by atoms with Crippen molar-refractivity contribution in [1.82, 2.24) is 10.3 Å². The second-order valence-corrected chi connectivity index (χ2v) is 6.14. The summed E-state index contributed by atoms with van der Waals surface area (Å²) in [6.07, 6.45) is 1.85. The lowest BCUT2D eigenvalue weighted by molar-refractivity contribution is -0.0499. The molecule has 2 atom stereocenters. The monoisotopic (exact) mass is 312 g/mol. The molecule has 0 aliphatic heterocycles. The van der Waals surface area contributed by atoms with E-state index in [1.165, 1.54) is 10.9 Å². The molecule has 0 spiro atoms. The van der Waals surface area contributed by atoms with Crippen LogP contribution in [-0.2, 0) is 0 Å². The number of nitrogens with one attached hydrogen (secondary N) is 1. The molecule has 6 heteroatoms. The minimum Gasteiger partial charge on any atom is -0.435 e. The highest BCUT2D eigenvalue weighted by molar-refractivity contribution is 7.11. The molecule has 2 rings (SSSR count). The van der Waals surface area contributed by atoms with Gasteiger partial charge >= 0.3 is 6.61 Å². The molecule has 0 amide bonds. The molecule has 114 valence electrons. The predicted octanol–water partition coefficient (Wildman–Crippen LogP) is 4.46. The van der Waals surface area contributed by atoms with E-state index in [-0.39, 0.29) is 17.8 Å². The fraction of sp³-hybridized carbons (Fsp3) is 0.400. The van der Waals surface area contributed by atoms with E-state index < -0.39 is 6.61 Å². The maximum absolute atomic E-state index is 12.2. The summed E-state index contributed by atoms with van der Waals surface area (Å²) in [7, 11) is 0. The molecule has 21 heavy (non-hydrogen) atoms. The number of aryl methyl sites for hydroxylation is 1. The summed E-state index contributed by atoms with van der Waals surface area (Å²) < 4.78 is 28.9. The Balaban J connectivity index is 2.04. The van der Waals surface area contributed by atoms with Crippen molar-refractivity contribution in [3.8, 4) is 5.75 Å². The molecule has 1 N–H and O–H groups in total. The van der Waals surface area contributed by atoms with Crippen LogP contribution in [0.25, 0.3) is 0 Å². The van der Waals surface area contributed by atoms with Crippen molar-refractivity contribution in [1.29, 1.82) is 0 Å². The smallest absolute Gasteiger partial charge is 0.387 e. The van der Waals surface area contributed by atoms with Crippen LogP contribution in [0.3, 0.4) is 0 Å². The third-order valence-corrected chi connectivity index (χ3v) is 4.19. The molecule has 2 aromatic rings. The van der Waals surface area contributed by atoms with Crippen LogP contribution in [0.15, 0.2) is 30.5 Å². The van der Waals surface area contributed by atoms with E-state index in [1.807, 2.05) is 33.0 Å². The van der Waals surface area contributed by atoms with Gasteiger partial charge in [0.05, 0.1) is 6.04 Å². The Bertz CT molecular complexity index is 589. The fourth-order valence-corrected chi connectivity index (χ4v) is 2.86. The van der Waals surface area contributed by atoms with E-state index in [0.29, 0.717) is 0 Å². The molecule has 1 aromatic carbocycles. The lowest BCUT2D eigenvalue weighted by Crippen LogP contribution is -2.22. The van der Waals surface area contributed by atoms with Gasteiger partial charge in [0.1, 0.15) is 10.8 Å². The molecule has 0 aliphatic rings. The molecular formula is C15H18F2N2OS. The number of hydrogen-bond acceptors (Lipinski definition) is 4. The summed E-state index contributed by atoms with van der Waals surface area (Å²) >= 11 is 1.65. The minimum atomic E-state index is -2.80. The van der Waals surface area contributed by atoms with Gasteiger partial charge in [-0.1, -0.05) is 12.1 Å². The molecule has 1 heterocycles. The number of benzene rings is 1. The molecular weight excluding hydrogens is 294 g/mol. The number of thiazole rings is 1. The average molecular weight is 312 g/mol. The maximum Gasteiger partial charge on any atom is 0.387 e. The van der Waals surface area contributed by atoms with Gasteiger partial charge < -0.3 is 10.1 Å². The third kappa shape index (κ3) is 4.47. The Hall–Kier alpha value is -1.53. The molecule has 0 fully saturated rings. The van der Waals surface area contributed by atoms with Crippen LogP contribution >= 0.6 is 11.3 Å². The van der Waals surface area contributed by atoms with Gasteiger partial charge in [0.2, 0.25) is 0 Å². The summed E-state index contributed by atoms with van der Waals surface area (Å²) in [6.45, 7) is 3.23. The third-order valence-electron chi connectivity index (χ3n) is 3.09. The number of ether oxygens (including phenoxy) is 1. The number of nitrogens with zero attached hydrogens (tertiary/aromatic N) is 1. The number of aromatic nitrogens is 1. The summed E-state index contributed by atoms with van der Waals surface area (Å²) in [5, 5.41) is 4.42. The summed E-state index contributed by atoms with van der Waals surface area (Å²) in [6, 6.07) is 6.85. The van der Waals surface area contributed by atoms with Crippen LogP contribution in [0.4, 0.5) is 8.78 Å². The van der Waals surface area contributed by atoms with E-state index in [9.17, 15) is 8.78 Å². The lowest BCUT2D eigenvalue weighted by atomic mass is 10.1. The first-order valence-corrected chi connectivity index (χ1v) is 7.50. The van der Waals surface area contributed by atoms with Gasteiger partial charge in [0.25, 0.3) is 0 Å². The van der Waals surface area contributed by atoms with Crippen LogP contribution in [0.5, 0.6) is 5.75 Å². The number of alkyl halides is 2. The number of hydrogen-bond donors (Lipinski definition) is 1. The topological polar surface area (TPSA) is 34.2 Å². The van der Waals surface area contributed by atoms with Gasteiger partial charge in [-0.2, -0.15) is 8.78 Å². The van der Waals surface area contributed by atoms with Crippen molar-refractivity contribution in [2.24, 2.45) is 0 Å². The maximum atomic E-state index is 12.2. The van der Waals surface area contributed by atoms with E-state index >= 15 is 0 Å². The number of halogens is 2. The quantitative estimate of drug-likeness (QED) is 0.855. The van der Waals surface area contributed by atoms with Gasteiger partial charge in [-0.25, -0.2) is 4.98 Å². The summed E-state index contributed by atoms with van der Waals surface area (Å²) in [4.78, 5) is 5.52. The Morgan fingerprint density at radius 3 is 2.62 bits per heavy atom. The Labute approximate surface area is 127 Å². The Morgan fingerprint density at radius 2 is 2.00 bits per heavy atom. The fourth-order valence-electron chi connectivity index (χ4n) is 2.07. The van der Waals surface area contributed by atoms with Crippen molar-refractivity contribution >= 4 is 11.3 Å². The molecule has 2 unspecified atom stereocenters. The van der Waals surface area contributed by atoms with Gasteiger partial charge in [-0.15, -0.1) is 11.3 Å². The van der Waals surface area contributed by atoms with E-state index in [0.717, 1.165) is 10.6 Å². The van der Waals surface area contributed by atoms with Gasteiger partial charge in [0, 0.05) is 17.1 Å². The van der Waals surface area contributed by atoms with Gasteiger partial charge in [0.15, 0.2) is 0 Å². The second kappa shape index (κ2) is 6.95. The lowest BCUT2D eigenvalue weighted by Gasteiger charge is -2.19. The average Bonchev–Trinajstić information content (AvgIpc) is 2.85. The van der Waals surface area contributed by atoms with E-state index in [1.54, 1.807) is 23.5 Å². The van der Waals surface area contributed by atoms with Crippen molar-refractivity contribution in [3.63, 3.8) is 0 Å². The highest BCUT2D eigenvalue weighted by Crippen LogP contribution is 2.25. The van der Waals surface area contributed by atoms with Crippen LogP contribution in [0, 0.1) is 6.92 Å². The zero-order valence-corrected chi connectivity index (χ0v) is 13.0. The Morgan fingerprint density at radius 1 is 1.24 bits per heavy atom. The molecule has 0 saturated carbocycles. The zero-order chi connectivity index (χ0) is 15.4. The van der Waals surface area contributed by atoms with Crippen molar-refractivity contribution in [2.75, 3.05) is 0 Å². The normalized spacial score (nSPS) is 14.2. The predicted molar refractivity (Wildman–Crippen MR) is 79.9 cm³/mol.